The summed E-state index contributed by atoms with van der Waals surface area (Å²) in [5.74, 6) is -0.218. The molecule has 2 aromatic carbocycles. The third kappa shape index (κ3) is 3.44. The first-order chi connectivity index (χ1) is 13.9. The molecule has 4 rings (SSSR count). The summed E-state index contributed by atoms with van der Waals surface area (Å²) in [5.41, 5.74) is 2.02. The maximum absolute atomic E-state index is 13.4. The second-order valence-corrected chi connectivity index (χ2v) is 7.91. The van der Waals surface area contributed by atoms with E-state index in [9.17, 15) is 9.59 Å². The van der Waals surface area contributed by atoms with Crippen LogP contribution in [-0.2, 0) is 4.74 Å². The number of methoxy groups -OCH3 is 1. The van der Waals surface area contributed by atoms with Crippen molar-refractivity contribution in [3.05, 3.63) is 79.1 Å². The van der Waals surface area contributed by atoms with Crippen molar-refractivity contribution in [3.8, 4) is 0 Å². The van der Waals surface area contributed by atoms with E-state index >= 15 is 0 Å². The van der Waals surface area contributed by atoms with E-state index in [0.717, 1.165) is 11.1 Å². The zero-order chi connectivity index (χ0) is 20.7. The molecule has 3 aromatic rings. The smallest absolute Gasteiger partial charge is 0.290 e. The monoisotopic (exact) mass is 431 g/mol. The van der Waals surface area contributed by atoms with E-state index < -0.39 is 6.04 Å². The number of rotatable bonds is 5. The first-order valence-corrected chi connectivity index (χ1v) is 10.00. The van der Waals surface area contributed by atoms with Crippen LogP contribution < -0.4 is 5.43 Å². The van der Waals surface area contributed by atoms with Gasteiger partial charge in [0.25, 0.3) is 5.91 Å². The molecule has 7 heteroatoms. The van der Waals surface area contributed by atoms with Crippen LogP contribution in [0.2, 0.25) is 10.0 Å². The molecular weight excluding hydrogens is 413 g/mol. The van der Waals surface area contributed by atoms with Crippen LogP contribution in [0.5, 0.6) is 0 Å². The number of nitrogens with zero attached hydrogens (tertiary/aromatic N) is 1. The Labute approximate surface area is 177 Å². The minimum atomic E-state index is -0.549. The highest BCUT2D eigenvalue weighted by Crippen LogP contribution is 2.39. The zero-order valence-electron chi connectivity index (χ0n) is 16.0. The standard InChI is InChI=1S/C22H19Cl2NO4/c1-12-10-17-15(11-16(12)24)20(26)18-19(13-4-6-14(23)7-5-13)25(8-3-9-28-2)22(27)21(18)29-17/h4-7,10-11,19H,3,8-9H2,1-2H3. The predicted molar refractivity (Wildman–Crippen MR) is 113 cm³/mol. The highest BCUT2D eigenvalue weighted by molar-refractivity contribution is 6.32. The second kappa shape index (κ2) is 7.82. The van der Waals surface area contributed by atoms with Gasteiger partial charge in [-0.3, -0.25) is 9.59 Å². The van der Waals surface area contributed by atoms with Gasteiger partial charge in [0, 0.05) is 30.3 Å². The fourth-order valence-electron chi connectivity index (χ4n) is 3.74. The van der Waals surface area contributed by atoms with Crippen molar-refractivity contribution in [2.75, 3.05) is 20.3 Å². The third-order valence-corrected chi connectivity index (χ3v) is 5.84. The van der Waals surface area contributed by atoms with Crippen molar-refractivity contribution in [2.45, 2.75) is 19.4 Å². The lowest BCUT2D eigenvalue weighted by Gasteiger charge is -2.25. The van der Waals surface area contributed by atoms with Crippen LogP contribution in [0, 0.1) is 6.92 Å². The number of aryl methyl sites for hydroxylation is 1. The van der Waals surface area contributed by atoms with Crippen LogP contribution in [0.3, 0.4) is 0 Å². The number of amides is 1. The SMILES string of the molecule is COCCCN1C(=O)c2oc3cc(C)c(Cl)cc3c(=O)c2C1c1ccc(Cl)cc1. The lowest BCUT2D eigenvalue weighted by Crippen LogP contribution is -2.31. The highest BCUT2D eigenvalue weighted by Gasteiger charge is 2.42. The van der Waals surface area contributed by atoms with Gasteiger partial charge in [-0.2, -0.15) is 0 Å². The Bertz CT molecular complexity index is 1150. The topological polar surface area (TPSA) is 59.8 Å². The van der Waals surface area contributed by atoms with Crippen LogP contribution in [0.25, 0.3) is 11.0 Å². The molecule has 1 aliphatic rings. The molecule has 0 N–H and O–H groups in total. The molecule has 0 radical (unpaired) electrons. The van der Waals surface area contributed by atoms with Crippen LogP contribution in [0.4, 0.5) is 0 Å². The van der Waals surface area contributed by atoms with Gasteiger partial charge in [-0.1, -0.05) is 35.3 Å². The molecule has 5 nitrogen and oxygen atoms in total. The van der Waals surface area contributed by atoms with E-state index in [1.807, 2.05) is 19.1 Å². The Morgan fingerprint density at radius 2 is 1.86 bits per heavy atom. The Balaban J connectivity index is 1.93. The van der Waals surface area contributed by atoms with Gasteiger partial charge in [0.15, 0.2) is 5.43 Å². The maximum Gasteiger partial charge on any atom is 0.290 e. The minimum Gasteiger partial charge on any atom is -0.450 e. The molecule has 29 heavy (non-hydrogen) atoms. The van der Waals surface area contributed by atoms with E-state index in [4.69, 9.17) is 32.4 Å². The second-order valence-electron chi connectivity index (χ2n) is 7.07. The molecule has 2 heterocycles. The predicted octanol–water partition coefficient (Wildman–Crippen LogP) is 4.99. The van der Waals surface area contributed by atoms with Crippen molar-refractivity contribution in [1.82, 2.24) is 4.90 Å². The fraction of sp³-hybridized carbons (Fsp3) is 0.273. The Morgan fingerprint density at radius 3 is 2.55 bits per heavy atom. The zero-order valence-corrected chi connectivity index (χ0v) is 17.5. The Hall–Kier alpha value is -2.34. The summed E-state index contributed by atoms with van der Waals surface area (Å²) in [4.78, 5) is 28.3. The molecule has 1 aliphatic heterocycles. The van der Waals surface area contributed by atoms with E-state index in [1.165, 1.54) is 0 Å². The number of fused-ring (bicyclic) bond motifs is 2. The number of halogens is 2. The van der Waals surface area contributed by atoms with Crippen LogP contribution in [-0.4, -0.2) is 31.1 Å². The van der Waals surface area contributed by atoms with E-state index in [2.05, 4.69) is 0 Å². The summed E-state index contributed by atoms with van der Waals surface area (Å²) in [6.45, 7) is 2.76. The number of carbonyl (C=O) groups is 1. The van der Waals surface area contributed by atoms with Gasteiger partial charge in [-0.05, 0) is 48.7 Å². The van der Waals surface area contributed by atoms with E-state index in [0.29, 0.717) is 46.2 Å². The largest absolute Gasteiger partial charge is 0.450 e. The lowest BCUT2D eigenvalue weighted by atomic mass is 9.98. The molecule has 150 valence electrons. The third-order valence-electron chi connectivity index (χ3n) is 5.18. The Kier molecular flexibility index (Phi) is 5.38. The lowest BCUT2D eigenvalue weighted by molar-refractivity contribution is 0.0708. The molecule has 0 spiro atoms. The van der Waals surface area contributed by atoms with Crippen molar-refractivity contribution in [1.29, 1.82) is 0 Å². The van der Waals surface area contributed by atoms with Gasteiger partial charge < -0.3 is 14.1 Å². The summed E-state index contributed by atoms with van der Waals surface area (Å²) < 4.78 is 11.1. The number of carbonyl (C=O) groups excluding carboxylic acids is 1. The van der Waals surface area contributed by atoms with Crippen LogP contribution >= 0.6 is 23.2 Å². The first-order valence-electron chi connectivity index (χ1n) is 9.24. The molecule has 1 aromatic heterocycles. The molecular formula is C22H19Cl2NO4. The van der Waals surface area contributed by atoms with Gasteiger partial charge in [-0.15, -0.1) is 0 Å². The number of hydrogen-bond donors (Lipinski definition) is 0. The summed E-state index contributed by atoms with van der Waals surface area (Å²) in [6, 6.07) is 9.89. The minimum absolute atomic E-state index is 0.0848. The molecule has 0 aliphatic carbocycles. The van der Waals surface area contributed by atoms with Crippen molar-refractivity contribution in [2.24, 2.45) is 0 Å². The van der Waals surface area contributed by atoms with Gasteiger partial charge in [0.1, 0.15) is 5.58 Å². The maximum atomic E-state index is 13.4. The molecule has 0 bridgehead atoms. The normalized spacial score (nSPS) is 15.9. The van der Waals surface area contributed by atoms with Crippen molar-refractivity contribution < 1.29 is 13.9 Å². The summed E-state index contributed by atoms with van der Waals surface area (Å²) in [7, 11) is 1.61. The average molecular weight is 432 g/mol. The molecule has 0 saturated carbocycles. The van der Waals surface area contributed by atoms with Gasteiger partial charge in [0.05, 0.1) is 17.0 Å². The van der Waals surface area contributed by atoms with Crippen LogP contribution in [0.1, 0.15) is 39.7 Å². The number of ether oxygens (including phenoxy) is 1. The Morgan fingerprint density at radius 1 is 1.14 bits per heavy atom. The first kappa shape index (κ1) is 20.0. The molecule has 1 atom stereocenters. The fourth-order valence-corrected chi connectivity index (χ4v) is 4.03. The quantitative estimate of drug-likeness (QED) is 0.533. The van der Waals surface area contributed by atoms with Gasteiger partial charge >= 0.3 is 0 Å². The molecule has 0 fully saturated rings. The average Bonchev–Trinajstić information content (AvgIpc) is 2.97. The van der Waals surface area contributed by atoms with E-state index in [-0.39, 0.29) is 17.1 Å². The van der Waals surface area contributed by atoms with E-state index in [1.54, 1.807) is 36.3 Å². The number of benzene rings is 2. The molecule has 0 saturated heterocycles. The van der Waals surface area contributed by atoms with Gasteiger partial charge in [-0.25, -0.2) is 0 Å². The molecule has 1 unspecified atom stereocenters. The summed E-state index contributed by atoms with van der Waals surface area (Å²) in [5, 5.41) is 1.43. The summed E-state index contributed by atoms with van der Waals surface area (Å²) >= 11 is 12.3. The number of hydrogen-bond acceptors (Lipinski definition) is 4. The highest BCUT2D eigenvalue weighted by atomic mass is 35.5. The summed E-state index contributed by atoms with van der Waals surface area (Å²) in [6.07, 6.45) is 0.638. The molecule has 1 amide bonds. The van der Waals surface area contributed by atoms with Crippen molar-refractivity contribution >= 4 is 40.1 Å². The van der Waals surface area contributed by atoms with Crippen LogP contribution in [0.15, 0.2) is 45.6 Å². The van der Waals surface area contributed by atoms with Gasteiger partial charge in [0.2, 0.25) is 5.76 Å². The van der Waals surface area contributed by atoms with Crippen molar-refractivity contribution in [3.63, 3.8) is 0 Å².